The smallest absolute Gasteiger partial charge is 0.310 e. The molecule has 0 spiro atoms. The fourth-order valence-corrected chi connectivity index (χ4v) is 1.66. The number of nitro benzene ring substituents is 1. The summed E-state index contributed by atoms with van der Waals surface area (Å²) < 4.78 is 5.26. The number of benzene rings is 1. The summed E-state index contributed by atoms with van der Waals surface area (Å²) in [5, 5.41) is 10.8. The van der Waals surface area contributed by atoms with Gasteiger partial charge in [0.05, 0.1) is 4.92 Å². The highest BCUT2D eigenvalue weighted by molar-refractivity contribution is 5.78. The minimum absolute atomic E-state index is 0.0947. The maximum atomic E-state index is 12.0. The third-order valence-electron chi connectivity index (χ3n) is 2.61. The monoisotopic (exact) mass is 278 g/mol. The Bertz CT molecular complexity index is 514. The molecule has 1 amide bonds. The average molecular weight is 278 g/mol. The van der Waals surface area contributed by atoms with Crippen LogP contribution in [0.4, 0.5) is 5.69 Å². The van der Waals surface area contributed by atoms with Gasteiger partial charge in [0.1, 0.15) is 0 Å². The van der Waals surface area contributed by atoms with Crippen molar-refractivity contribution < 1.29 is 14.5 Å². The lowest BCUT2D eigenvalue weighted by Crippen LogP contribution is -2.35. The van der Waals surface area contributed by atoms with E-state index in [4.69, 9.17) is 4.74 Å². The zero-order valence-electron chi connectivity index (χ0n) is 11.7. The van der Waals surface area contributed by atoms with Crippen LogP contribution in [0, 0.1) is 10.1 Å². The molecule has 0 radical (unpaired) electrons. The lowest BCUT2D eigenvalue weighted by Gasteiger charge is -2.20. The van der Waals surface area contributed by atoms with E-state index in [1.54, 1.807) is 17.0 Å². The van der Waals surface area contributed by atoms with E-state index in [0.717, 1.165) is 5.57 Å². The Kier molecular flexibility index (Phi) is 5.71. The lowest BCUT2D eigenvalue weighted by molar-refractivity contribution is -0.385. The predicted molar refractivity (Wildman–Crippen MR) is 75.7 cm³/mol. The second kappa shape index (κ2) is 7.28. The van der Waals surface area contributed by atoms with Gasteiger partial charge in [-0.2, -0.15) is 0 Å². The van der Waals surface area contributed by atoms with Gasteiger partial charge < -0.3 is 9.64 Å². The number of hydrogen-bond donors (Lipinski definition) is 0. The third kappa shape index (κ3) is 4.38. The molecule has 6 nitrogen and oxygen atoms in total. The van der Waals surface area contributed by atoms with Crippen molar-refractivity contribution in [2.45, 2.75) is 13.8 Å². The first kappa shape index (κ1) is 15.7. The zero-order valence-corrected chi connectivity index (χ0v) is 11.7. The van der Waals surface area contributed by atoms with E-state index < -0.39 is 4.92 Å². The molecule has 0 unspecified atom stereocenters. The summed E-state index contributed by atoms with van der Waals surface area (Å²) in [4.78, 5) is 23.8. The number of carbonyl (C=O) groups excluding carboxylic acids is 1. The number of ether oxygens (including phenoxy) is 1. The molecule has 20 heavy (non-hydrogen) atoms. The highest BCUT2D eigenvalue weighted by Gasteiger charge is 2.17. The second-order valence-corrected chi connectivity index (χ2v) is 4.38. The van der Waals surface area contributed by atoms with Gasteiger partial charge in [0.15, 0.2) is 12.4 Å². The maximum Gasteiger partial charge on any atom is 0.310 e. The van der Waals surface area contributed by atoms with Crippen molar-refractivity contribution in [3.8, 4) is 5.75 Å². The first-order chi connectivity index (χ1) is 9.45. The highest BCUT2D eigenvalue weighted by atomic mass is 16.6. The van der Waals surface area contributed by atoms with Crippen molar-refractivity contribution in [1.29, 1.82) is 0 Å². The van der Waals surface area contributed by atoms with Crippen LogP contribution in [-0.4, -0.2) is 35.4 Å². The van der Waals surface area contributed by atoms with Gasteiger partial charge in [0, 0.05) is 19.2 Å². The molecule has 0 aromatic heterocycles. The molecule has 0 bridgehead atoms. The molecule has 0 aliphatic carbocycles. The van der Waals surface area contributed by atoms with Crippen LogP contribution in [0.25, 0.3) is 0 Å². The predicted octanol–water partition coefficient (Wildman–Crippen LogP) is 2.40. The van der Waals surface area contributed by atoms with Crippen LogP contribution in [0.1, 0.15) is 13.8 Å². The number of amides is 1. The van der Waals surface area contributed by atoms with Crippen molar-refractivity contribution >= 4 is 11.6 Å². The summed E-state index contributed by atoms with van der Waals surface area (Å²) in [5.74, 6) is -0.133. The molecular formula is C14H18N2O4. The van der Waals surface area contributed by atoms with Crippen molar-refractivity contribution in [1.82, 2.24) is 4.90 Å². The zero-order chi connectivity index (χ0) is 15.1. The topological polar surface area (TPSA) is 72.7 Å². The van der Waals surface area contributed by atoms with Gasteiger partial charge >= 0.3 is 5.69 Å². The SMILES string of the molecule is C=C(C)CN(CC)C(=O)COc1ccccc1[N+](=O)[O-]. The fourth-order valence-electron chi connectivity index (χ4n) is 1.66. The van der Waals surface area contributed by atoms with Gasteiger partial charge in [-0.25, -0.2) is 0 Å². The molecule has 0 aliphatic heterocycles. The van der Waals surface area contributed by atoms with E-state index >= 15 is 0 Å². The van der Waals surface area contributed by atoms with Crippen molar-refractivity contribution in [2.75, 3.05) is 19.7 Å². The number of rotatable bonds is 7. The molecule has 0 saturated carbocycles. The van der Waals surface area contributed by atoms with Crippen molar-refractivity contribution in [2.24, 2.45) is 0 Å². The Morgan fingerprint density at radius 3 is 2.65 bits per heavy atom. The van der Waals surface area contributed by atoms with Gasteiger partial charge in [-0.1, -0.05) is 24.3 Å². The van der Waals surface area contributed by atoms with Gasteiger partial charge in [-0.05, 0) is 19.9 Å². The summed E-state index contributed by atoms with van der Waals surface area (Å²) in [6.45, 7) is 8.20. The number of nitro groups is 1. The summed E-state index contributed by atoms with van der Waals surface area (Å²) >= 11 is 0. The van der Waals surface area contributed by atoms with Crippen LogP contribution in [0.2, 0.25) is 0 Å². The summed E-state index contributed by atoms with van der Waals surface area (Å²) in [7, 11) is 0. The van der Waals surface area contributed by atoms with Crippen molar-refractivity contribution in [3.05, 3.63) is 46.5 Å². The molecule has 0 heterocycles. The molecule has 1 aromatic rings. The van der Waals surface area contributed by atoms with E-state index in [9.17, 15) is 14.9 Å². The molecule has 1 rings (SSSR count). The average Bonchev–Trinajstić information content (AvgIpc) is 2.42. The third-order valence-corrected chi connectivity index (χ3v) is 2.61. The number of nitrogens with zero attached hydrogens (tertiary/aromatic N) is 2. The molecule has 1 aromatic carbocycles. The highest BCUT2D eigenvalue weighted by Crippen LogP contribution is 2.25. The van der Waals surface area contributed by atoms with Crippen LogP contribution in [0.5, 0.6) is 5.75 Å². The first-order valence-corrected chi connectivity index (χ1v) is 6.24. The van der Waals surface area contributed by atoms with Crippen molar-refractivity contribution in [3.63, 3.8) is 0 Å². The molecule has 0 N–H and O–H groups in total. The van der Waals surface area contributed by atoms with E-state index in [0.29, 0.717) is 13.1 Å². The van der Waals surface area contributed by atoms with Gasteiger partial charge in [0.2, 0.25) is 0 Å². The molecule has 0 saturated heterocycles. The van der Waals surface area contributed by atoms with Crippen LogP contribution in [0.15, 0.2) is 36.4 Å². The number of hydrogen-bond acceptors (Lipinski definition) is 4. The molecule has 108 valence electrons. The van der Waals surface area contributed by atoms with E-state index in [-0.39, 0.29) is 24.0 Å². The van der Waals surface area contributed by atoms with Gasteiger partial charge in [0.25, 0.3) is 5.91 Å². The minimum Gasteiger partial charge on any atom is -0.477 e. The Morgan fingerprint density at radius 2 is 2.10 bits per heavy atom. The van der Waals surface area contributed by atoms with E-state index in [2.05, 4.69) is 6.58 Å². The first-order valence-electron chi connectivity index (χ1n) is 6.24. The summed E-state index contributed by atoms with van der Waals surface area (Å²) in [6, 6.07) is 5.98. The Balaban J connectivity index is 2.69. The fraction of sp³-hybridized carbons (Fsp3) is 0.357. The molecule has 0 aliphatic rings. The van der Waals surface area contributed by atoms with E-state index in [1.165, 1.54) is 12.1 Å². The lowest BCUT2D eigenvalue weighted by atomic mass is 10.3. The molecular weight excluding hydrogens is 260 g/mol. The molecule has 0 atom stereocenters. The minimum atomic E-state index is -0.536. The Labute approximate surface area is 117 Å². The summed E-state index contributed by atoms with van der Waals surface area (Å²) in [5.41, 5.74) is 0.717. The van der Waals surface area contributed by atoms with Gasteiger partial charge in [-0.15, -0.1) is 0 Å². The van der Waals surface area contributed by atoms with Crippen LogP contribution < -0.4 is 4.74 Å². The molecule has 6 heteroatoms. The molecule has 0 fully saturated rings. The number of likely N-dealkylation sites (N-methyl/N-ethyl adjacent to an activating group) is 1. The Hall–Kier alpha value is -2.37. The number of carbonyl (C=O) groups is 1. The standard InChI is InChI=1S/C14H18N2O4/c1-4-15(9-11(2)3)14(17)10-20-13-8-6-5-7-12(13)16(18)19/h5-8H,2,4,9-10H2,1,3H3. The van der Waals surface area contributed by atoms with Gasteiger partial charge in [-0.3, -0.25) is 14.9 Å². The van der Waals surface area contributed by atoms with Crippen LogP contribution in [-0.2, 0) is 4.79 Å². The number of para-hydroxylation sites is 2. The maximum absolute atomic E-state index is 12.0. The summed E-state index contributed by atoms with van der Waals surface area (Å²) in [6.07, 6.45) is 0. The quantitative estimate of drug-likeness (QED) is 0.436. The largest absolute Gasteiger partial charge is 0.477 e. The van der Waals surface area contributed by atoms with Crippen LogP contribution >= 0.6 is 0 Å². The Morgan fingerprint density at radius 1 is 1.45 bits per heavy atom. The van der Waals surface area contributed by atoms with E-state index in [1.807, 2.05) is 13.8 Å². The normalized spacial score (nSPS) is 9.90. The van der Waals surface area contributed by atoms with Crippen LogP contribution in [0.3, 0.4) is 0 Å². The second-order valence-electron chi connectivity index (χ2n) is 4.38.